The van der Waals surface area contributed by atoms with Crippen molar-refractivity contribution in [2.75, 3.05) is 6.61 Å². The van der Waals surface area contributed by atoms with Crippen LogP contribution in [0.4, 0.5) is 0 Å². The predicted molar refractivity (Wildman–Crippen MR) is 82.3 cm³/mol. The first-order valence-corrected chi connectivity index (χ1v) is 7.05. The van der Waals surface area contributed by atoms with Crippen LogP contribution in [0.15, 0.2) is 47.6 Å². The molecule has 1 aliphatic carbocycles. The van der Waals surface area contributed by atoms with Crippen LogP contribution in [0.1, 0.15) is 22.6 Å². The van der Waals surface area contributed by atoms with E-state index in [0.29, 0.717) is 28.9 Å². The first-order chi connectivity index (χ1) is 10.2. The average Bonchev–Trinajstić information content (AvgIpc) is 2.47. The number of hydrogen-bond donors (Lipinski definition) is 2. The van der Waals surface area contributed by atoms with Crippen LogP contribution >= 0.6 is 11.6 Å². The number of fused-ring (bicyclic) bond motifs is 1. The first kappa shape index (κ1) is 13.8. The van der Waals surface area contributed by atoms with Crippen molar-refractivity contribution < 1.29 is 9.94 Å². The molecule has 21 heavy (non-hydrogen) atoms. The summed E-state index contributed by atoms with van der Waals surface area (Å²) in [5.41, 5.74) is 8.78. The van der Waals surface area contributed by atoms with Crippen LogP contribution in [-0.2, 0) is 6.42 Å². The van der Waals surface area contributed by atoms with E-state index in [4.69, 9.17) is 27.3 Å². The van der Waals surface area contributed by atoms with Crippen molar-refractivity contribution in [3.8, 4) is 5.75 Å². The Labute approximate surface area is 127 Å². The summed E-state index contributed by atoms with van der Waals surface area (Å²) in [5, 5.41) is 12.3. The van der Waals surface area contributed by atoms with Crippen LogP contribution in [0, 0.1) is 0 Å². The Bertz CT molecular complexity index is 700. The average molecular weight is 303 g/mol. The maximum Gasteiger partial charge on any atom is 0.175 e. The van der Waals surface area contributed by atoms with Gasteiger partial charge in [0.1, 0.15) is 5.75 Å². The Morgan fingerprint density at radius 3 is 2.86 bits per heavy atom. The summed E-state index contributed by atoms with van der Waals surface area (Å²) in [6.07, 6.45) is 1.01. The summed E-state index contributed by atoms with van der Waals surface area (Å²) in [7, 11) is 0. The Morgan fingerprint density at radius 2 is 2.10 bits per heavy atom. The molecule has 0 amide bonds. The van der Waals surface area contributed by atoms with Crippen molar-refractivity contribution >= 4 is 17.4 Å². The molecule has 108 valence electrons. The van der Waals surface area contributed by atoms with E-state index >= 15 is 0 Å². The zero-order chi connectivity index (χ0) is 14.8. The maximum atomic E-state index is 8.85. The highest BCUT2D eigenvalue weighted by molar-refractivity contribution is 6.34. The summed E-state index contributed by atoms with van der Waals surface area (Å²) in [5.74, 6) is 0.854. The highest BCUT2D eigenvalue weighted by atomic mass is 35.5. The normalized spacial score (nSPS) is 17.0. The molecule has 0 spiro atoms. The highest BCUT2D eigenvalue weighted by Crippen LogP contribution is 2.36. The van der Waals surface area contributed by atoms with E-state index in [9.17, 15) is 0 Å². The van der Waals surface area contributed by atoms with Gasteiger partial charge in [-0.3, -0.25) is 0 Å². The third kappa shape index (κ3) is 2.54. The summed E-state index contributed by atoms with van der Waals surface area (Å²) in [4.78, 5) is 0. The van der Waals surface area contributed by atoms with Gasteiger partial charge in [0.25, 0.3) is 0 Å². The Hall–Kier alpha value is -2.20. The quantitative estimate of drug-likeness (QED) is 0.394. The predicted octanol–water partition coefficient (Wildman–Crippen LogP) is 3.15. The lowest BCUT2D eigenvalue weighted by molar-refractivity contribution is 0.274. The molecule has 5 heteroatoms. The topological polar surface area (TPSA) is 67.8 Å². The molecule has 3 N–H and O–H groups in total. The fourth-order valence-electron chi connectivity index (χ4n) is 2.62. The van der Waals surface area contributed by atoms with Gasteiger partial charge < -0.3 is 15.7 Å². The molecule has 0 saturated carbocycles. The summed E-state index contributed by atoms with van der Waals surface area (Å²) in [6, 6.07) is 13.6. The van der Waals surface area contributed by atoms with Gasteiger partial charge in [-0.05, 0) is 29.7 Å². The van der Waals surface area contributed by atoms with Crippen molar-refractivity contribution in [1.29, 1.82) is 0 Å². The summed E-state index contributed by atoms with van der Waals surface area (Å²) < 4.78 is 5.85. The lowest BCUT2D eigenvalue weighted by Crippen LogP contribution is -2.24. The third-order valence-electron chi connectivity index (χ3n) is 3.74. The molecule has 4 nitrogen and oxygen atoms in total. The minimum absolute atomic E-state index is 0.0513. The molecule has 1 aliphatic rings. The van der Waals surface area contributed by atoms with Crippen LogP contribution in [-0.4, -0.2) is 17.6 Å². The molecule has 0 heterocycles. The lowest BCUT2D eigenvalue weighted by atomic mass is 9.78. The minimum atomic E-state index is -0.0513. The van der Waals surface area contributed by atoms with E-state index in [-0.39, 0.29) is 5.84 Å². The fraction of sp³-hybridized carbons (Fsp3) is 0.188. The zero-order valence-corrected chi connectivity index (χ0v) is 12.0. The van der Waals surface area contributed by atoms with Gasteiger partial charge in [0.2, 0.25) is 0 Å². The molecule has 0 saturated heterocycles. The van der Waals surface area contributed by atoms with Crippen LogP contribution in [0.3, 0.4) is 0 Å². The number of halogens is 1. The lowest BCUT2D eigenvalue weighted by Gasteiger charge is -2.30. The van der Waals surface area contributed by atoms with Crippen molar-refractivity contribution in [1.82, 2.24) is 0 Å². The summed E-state index contributed by atoms with van der Waals surface area (Å²) in [6.45, 7) is 0.545. The van der Waals surface area contributed by atoms with Gasteiger partial charge in [-0.25, -0.2) is 0 Å². The molecule has 1 atom stereocenters. The van der Waals surface area contributed by atoms with Crippen molar-refractivity contribution in [3.63, 3.8) is 0 Å². The number of amidine groups is 1. The van der Waals surface area contributed by atoms with E-state index in [1.807, 2.05) is 12.1 Å². The first-order valence-electron chi connectivity index (χ1n) is 6.67. The number of ether oxygens (including phenoxy) is 1. The number of oxime groups is 1. The Morgan fingerprint density at radius 1 is 1.29 bits per heavy atom. The number of hydrogen-bond acceptors (Lipinski definition) is 3. The molecule has 2 aromatic carbocycles. The second-order valence-corrected chi connectivity index (χ2v) is 5.42. The molecule has 0 fully saturated rings. The van der Waals surface area contributed by atoms with Gasteiger partial charge in [-0.1, -0.05) is 47.1 Å². The van der Waals surface area contributed by atoms with Crippen molar-refractivity contribution in [2.24, 2.45) is 10.9 Å². The standard InChI is InChI=1S/C16H15ClN2O2/c17-13-6-3-7-14(15(13)16(18)19-20)21-9-11-8-10-4-1-2-5-12(10)11/h1-7,11,20H,8-9H2,(H2,18,19). The molecule has 0 bridgehead atoms. The molecular weight excluding hydrogens is 288 g/mol. The molecule has 0 aromatic heterocycles. The molecule has 3 rings (SSSR count). The van der Waals surface area contributed by atoms with Gasteiger partial charge in [-0.15, -0.1) is 0 Å². The summed E-state index contributed by atoms with van der Waals surface area (Å²) >= 11 is 6.10. The monoisotopic (exact) mass is 302 g/mol. The van der Waals surface area contributed by atoms with Crippen LogP contribution < -0.4 is 10.5 Å². The van der Waals surface area contributed by atoms with E-state index in [2.05, 4.69) is 17.3 Å². The molecule has 1 unspecified atom stereocenters. The fourth-order valence-corrected chi connectivity index (χ4v) is 2.89. The maximum absolute atomic E-state index is 8.85. The number of benzene rings is 2. The zero-order valence-electron chi connectivity index (χ0n) is 11.3. The van der Waals surface area contributed by atoms with Gasteiger partial charge in [0.15, 0.2) is 5.84 Å². The Balaban J connectivity index is 1.77. The number of nitrogens with zero attached hydrogens (tertiary/aromatic N) is 1. The van der Waals surface area contributed by atoms with Crippen LogP contribution in [0.25, 0.3) is 0 Å². The van der Waals surface area contributed by atoms with Crippen LogP contribution in [0.2, 0.25) is 5.02 Å². The van der Waals surface area contributed by atoms with Gasteiger partial charge in [-0.2, -0.15) is 0 Å². The van der Waals surface area contributed by atoms with E-state index < -0.39 is 0 Å². The Kier molecular flexibility index (Phi) is 3.71. The van der Waals surface area contributed by atoms with Gasteiger partial charge >= 0.3 is 0 Å². The van der Waals surface area contributed by atoms with E-state index in [1.54, 1.807) is 18.2 Å². The van der Waals surface area contributed by atoms with Gasteiger partial charge in [0, 0.05) is 5.92 Å². The smallest absolute Gasteiger partial charge is 0.175 e. The molecule has 0 aliphatic heterocycles. The molecule has 0 radical (unpaired) electrons. The second kappa shape index (κ2) is 5.66. The third-order valence-corrected chi connectivity index (χ3v) is 4.06. The van der Waals surface area contributed by atoms with Crippen molar-refractivity contribution in [2.45, 2.75) is 12.3 Å². The molecular formula is C16H15ClN2O2. The second-order valence-electron chi connectivity index (χ2n) is 5.01. The molecule has 2 aromatic rings. The SMILES string of the molecule is N/C(=N/O)c1c(Cl)cccc1OCC1Cc2ccccc21. The van der Waals surface area contributed by atoms with Crippen molar-refractivity contribution in [3.05, 3.63) is 64.2 Å². The number of rotatable bonds is 4. The largest absolute Gasteiger partial charge is 0.492 e. The minimum Gasteiger partial charge on any atom is -0.492 e. The van der Waals surface area contributed by atoms with Gasteiger partial charge in [0.05, 0.1) is 17.2 Å². The van der Waals surface area contributed by atoms with E-state index in [0.717, 1.165) is 6.42 Å². The van der Waals surface area contributed by atoms with E-state index in [1.165, 1.54) is 11.1 Å². The highest BCUT2D eigenvalue weighted by Gasteiger charge is 2.26. The number of nitrogens with two attached hydrogens (primary N) is 1. The van der Waals surface area contributed by atoms with Crippen LogP contribution in [0.5, 0.6) is 5.75 Å².